The lowest BCUT2D eigenvalue weighted by atomic mass is 10.0. The number of hydrogen-bond donors (Lipinski definition) is 0. The largest absolute Gasteiger partial charge is 0.469 e. The quantitative estimate of drug-likeness (QED) is 0.203. The minimum Gasteiger partial charge on any atom is -0.469 e. The Hall–Kier alpha value is -0.240. The Bertz CT molecular complexity index is 231. The van der Waals surface area contributed by atoms with Gasteiger partial charge in [-0.3, -0.25) is 4.79 Å². The summed E-state index contributed by atoms with van der Waals surface area (Å²) in [6.45, 7) is 2.26. The average molecular weight is 319 g/mol. The number of rotatable bonds is 15. The number of methoxy groups -OCH3 is 1. The van der Waals surface area contributed by atoms with E-state index in [0.717, 1.165) is 25.7 Å². The van der Waals surface area contributed by atoms with E-state index >= 15 is 0 Å². The molecule has 0 rings (SSSR count). The van der Waals surface area contributed by atoms with Crippen LogP contribution in [0.4, 0.5) is 0 Å². The van der Waals surface area contributed by atoms with Gasteiger partial charge < -0.3 is 4.74 Å². The van der Waals surface area contributed by atoms with Crippen molar-refractivity contribution in [3.63, 3.8) is 0 Å². The van der Waals surface area contributed by atoms with Crippen LogP contribution in [0.25, 0.3) is 0 Å². The molecule has 0 heterocycles. The van der Waals surface area contributed by atoms with Crippen molar-refractivity contribution in [2.45, 2.75) is 102 Å². The summed E-state index contributed by atoms with van der Waals surface area (Å²) in [5.74, 6) is -0.0934. The van der Waals surface area contributed by atoms with Crippen LogP contribution in [0, 0.1) is 0 Å². The molecule has 0 spiro atoms. The van der Waals surface area contributed by atoms with Crippen molar-refractivity contribution < 1.29 is 9.53 Å². The summed E-state index contributed by atoms with van der Waals surface area (Å²) in [4.78, 5) is 10.9. The lowest BCUT2D eigenvalue weighted by molar-refractivity contribution is -0.140. The van der Waals surface area contributed by atoms with Crippen LogP contribution in [0.5, 0.6) is 0 Å². The molecule has 0 amide bonds. The molecule has 0 aromatic rings. The molecular formula is C18H35ClO2. The standard InChI is InChI=1S/C18H35ClO2/c1-3-4-5-6-7-8-11-14-17(19)15-12-9-10-13-16-18(20)21-2/h17H,3-16H2,1-2H3. The van der Waals surface area contributed by atoms with E-state index in [1.165, 1.54) is 64.9 Å². The van der Waals surface area contributed by atoms with Gasteiger partial charge in [0.05, 0.1) is 7.11 Å². The maximum Gasteiger partial charge on any atom is 0.305 e. The molecular weight excluding hydrogens is 284 g/mol. The van der Waals surface area contributed by atoms with Gasteiger partial charge >= 0.3 is 5.97 Å². The van der Waals surface area contributed by atoms with E-state index < -0.39 is 0 Å². The SMILES string of the molecule is CCCCCCCCCC(Cl)CCCCCCC(=O)OC. The van der Waals surface area contributed by atoms with Gasteiger partial charge in [-0.15, -0.1) is 11.6 Å². The third-order valence-electron chi connectivity index (χ3n) is 4.00. The molecule has 1 atom stereocenters. The first-order valence-corrected chi connectivity index (χ1v) is 9.35. The van der Waals surface area contributed by atoms with E-state index in [1.807, 2.05) is 0 Å². The molecule has 1 unspecified atom stereocenters. The van der Waals surface area contributed by atoms with Crippen molar-refractivity contribution in [1.29, 1.82) is 0 Å². The van der Waals surface area contributed by atoms with E-state index in [1.54, 1.807) is 0 Å². The van der Waals surface area contributed by atoms with Gasteiger partial charge in [-0.1, -0.05) is 71.1 Å². The van der Waals surface area contributed by atoms with Gasteiger partial charge in [0.2, 0.25) is 0 Å². The number of unbranched alkanes of at least 4 members (excludes halogenated alkanes) is 9. The van der Waals surface area contributed by atoms with Crippen LogP contribution >= 0.6 is 11.6 Å². The van der Waals surface area contributed by atoms with Crippen LogP contribution in [0.2, 0.25) is 0 Å². The number of carbonyl (C=O) groups excluding carboxylic acids is 1. The summed E-state index contributed by atoms with van der Waals surface area (Å²) in [7, 11) is 1.45. The second-order valence-corrected chi connectivity index (χ2v) is 6.65. The maximum atomic E-state index is 10.9. The first kappa shape index (κ1) is 20.8. The Balaban J connectivity index is 3.19. The van der Waals surface area contributed by atoms with Crippen LogP contribution in [0.15, 0.2) is 0 Å². The molecule has 0 saturated heterocycles. The molecule has 0 aromatic carbocycles. The van der Waals surface area contributed by atoms with E-state index in [0.29, 0.717) is 11.8 Å². The van der Waals surface area contributed by atoms with Crippen LogP contribution in [-0.4, -0.2) is 18.5 Å². The molecule has 0 aliphatic carbocycles. The number of hydrogen-bond acceptors (Lipinski definition) is 2. The highest BCUT2D eigenvalue weighted by atomic mass is 35.5. The fraction of sp³-hybridized carbons (Fsp3) is 0.944. The third-order valence-corrected chi connectivity index (χ3v) is 4.43. The van der Waals surface area contributed by atoms with Crippen molar-refractivity contribution in [2.24, 2.45) is 0 Å². The zero-order chi connectivity index (χ0) is 15.8. The molecule has 3 heteroatoms. The predicted molar refractivity (Wildman–Crippen MR) is 92.0 cm³/mol. The summed E-state index contributed by atoms with van der Waals surface area (Å²) in [5, 5.41) is 0.348. The Morgan fingerprint density at radius 1 is 0.857 bits per heavy atom. The van der Waals surface area contributed by atoms with Crippen LogP contribution < -0.4 is 0 Å². The molecule has 0 saturated carbocycles. The lowest BCUT2D eigenvalue weighted by Crippen LogP contribution is -2.00. The number of halogens is 1. The number of carbonyl (C=O) groups is 1. The van der Waals surface area contributed by atoms with Gasteiger partial charge in [0.1, 0.15) is 0 Å². The van der Waals surface area contributed by atoms with E-state index in [-0.39, 0.29) is 5.97 Å². The van der Waals surface area contributed by atoms with Crippen LogP contribution in [0.1, 0.15) is 96.8 Å². The Kier molecular flexibility index (Phi) is 16.0. The second-order valence-electron chi connectivity index (χ2n) is 6.04. The Labute approximate surface area is 137 Å². The number of ether oxygens (including phenoxy) is 1. The molecule has 0 fully saturated rings. The third kappa shape index (κ3) is 16.0. The average Bonchev–Trinajstić information content (AvgIpc) is 2.49. The van der Waals surface area contributed by atoms with Crippen molar-refractivity contribution in [3.05, 3.63) is 0 Å². The van der Waals surface area contributed by atoms with Gasteiger partial charge in [-0.2, -0.15) is 0 Å². The normalized spacial score (nSPS) is 12.3. The molecule has 2 nitrogen and oxygen atoms in total. The van der Waals surface area contributed by atoms with Crippen molar-refractivity contribution in [1.82, 2.24) is 0 Å². The van der Waals surface area contributed by atoms with Gasteiger partial charge in [0.25, 0.3) is 0 Å². The molecule has 0 radical (unpaired) electrons. The van der Waals surface area contributed by atoms with E-state index in [2.05, 4.69) is 11.7 Å². The zero-order valence-corrected chi connectivity index (χ0v) is 14.9. The Morgan fingerprint density at radius 2 is 1.33 bits per heavy atom. The monoisotopic (exact) mass is 318 g/mol. The highest BCUT2D eigenvalue weighted by Gasteiger charge is 2.05. The summed E-state index contributed by atoms with van der Waals surface area (Å²) in [6.07, 6.45) is 16.7. The maximum absolute atomic E-state index is 10.9. The second kappa shape index (κ2) is 16.1. The molecule has 0 N–H and O–H groups in total. The van der Waals surface area contributed by atoms with Crippen molar-refractivity contribution >= 4 is 17.6 Å². The van der Waals surface area contributed by atoms with Gasteiger partial charge in [-0.25, -0.2) is 0 Å². The summed E-state index contributed by atoms with van der Waals surface area (Å²) in [5.41, 5.74) is 0. The highest BCUT2D eigenvalue weighted by molar-refractivity contribution is 6.20. The van der Waals surface area contributed by atoms with Gasteiger partial charge in [-0.05, 0) is 19.3 Å². The number of esters is 1. The molecule has 21 heavy (non-hydrogen) atoms. The predicted octanol–water partition coefficient (Wildman–Crippen LogP) is 6.25. The van der Waals surface area contributed by atoms with Crippen LogP contribution in [-0.2, 0) is 9.53 Å². The summed E-state index contributed by atoms with van der Waals surface area (Å²) in [6, 6.07) is 0. The highest BCUT2D eigenvalue weighted by Crippen LogP contribution is 2.18. The zero-order valence-electron chi connectivity index (χ0n) is 14.2. The van der Waals surface area contributed by atoms with Crippen LogP contribution in [0.3, 0.4) is 0 Å². The first-order valence-electron chi connectivity index (χ1n) is 8.91. The summed E-state index contributed by atoms with van der Waals surface area (Å²) >= 11 is 6.35. The van der Waals surface area contributed by atoms with E-state index in [4.69, 9.17) is 11.6 Å². The molecule has 0 aromatic heterocycles. The van der Waals surface area contributed by atoms with Gasteiger partial charge in [0, 0.05) is 11.8 Å². The smallest absolute Gasteiger partial charge is 0.305 e. The molecule has 0 aliphatic rings. The fourth-order valence-corrected chi connectivity index (χ4v) is 2.87. The minimum atomic E-state index is -0.0934. The molecule has 0 bridgehead atoms. The fourth-order valence-electron chi connectivity index (χ4n) is 2.56. The van der Waals surface area contributed by atoms with Crippen molar-refractivity contribution in [3.8, 4) is 0 Å². The number of alkyl halides is 1. The van der Waals surface area contributed by atoms with Gasteiger partial charge in [0.15, 0.2) is 0 Å². The topological polar surface area (TPSA) is 26.3 Å². The lowest BCUT2D eigenvalue weighted by Gasteiger charge is -2.09. The van der Waals surface area contributed by atoms with E-state index in [9.17, 15) is 4.79 Å². The summed E-state index contributed by atoms with van der Waals surface area (Å²) < 4.78 is 4.62. The first-order chi connectivity index (χ1) is 10.2. The molecule has 0 aliphatic heterocycles. The minimum absolute atomic E-state index is 0.0934. The van der Waals surface area contributed by atoms with Crippen molar-refractivity contribution in [2.75, 3.05) is 7.11 Å². The molecule has 126 valence electrons. The Morgan fingerprint density at radius 3 is 1.86 bits per heavy atom.